The van der Waals surface area contributed by atoms with Crippen LogP contribution in [0, 0.1) is 5.41 Å². The lowest BCUT2D eigenvalue weighted by Crippen LogP contribution is -2.34. The van der Waals surface area contributed by atoms with Gasteiger partial charge < -0.3 is 0 Å². The van der Waals surface area contributed by atoms with Crippen LogP contribution in [0.4, 0.5) is 0 Å². The largest absolute Gasteiger partial charge is 0.289 e. The van der Waals surface area contributed by atoms with Gasteiger partial charge in [-0.15, -0.1) is 0 Å². The average Bonchev–Trinajstić information content (AvgIpc) is 3.23. The van der Waals surface area contributed by atoms with Crippen molar-refractivity contribution in [1.82, 2.24) is 9.78 Å². The number of hydrogen-bond donors (Lipinski definition) is 0. The molecule has 0 fully saturated rings. The fourth-order valence-electron chi connectivity index (χ4n) is 4.40. The van der Waals surface area contributed by atoms with Gasteiger partial charge in [0.15, 0.2) is 17.3 Å². The molecule has 3 aromatic rings. The molecule has 5 rings (SSSR count). The molecule has 0 spiro atoms. The van der Waals surface area contributed by atoms with Crippen molar-refractivity contribution in [3.05, 3.63) is 94.3 Å². The number of para-hydroxylation sites is 1. The van der Waals surface area contributed by atoms with Crippen LogP contribution < -0.4 is 0 Å². The van der Waals surface area contributed by atoms with Crippen molar-refractivity contribution < 1.29 is 14.4 Å². The lowest BCUT2D eigenvalue weighted by molar-refractivity contribution is 0.0939. The van der Waals surface area contributed by atoms with E-state index in [1.54, 1.807) is 28.9 Å². The standard InChI is InChI=1S/C24H18N2O3/c1-24(2)12-18-17(13-25-26(18)14-8-4-3-5-9-14)23(29)20(24)19-21(27)15-10-6-7-11-16(15)22(19)28/h3-11,13H,12H2,1-2H3. The first kappa shape index (κ1) is 17.5. The summed E-state index contributed by atoms with van der Waals surface area (Å²) >= 11 is 0. The third-order valence-electron chi connectivity index (χ3n) is 5.75. The molecule has 2 aliphatic rings. The monoisotopic (exact) mass is 382 g/mol. The van der Waals surface area contributed by atoms with Gasteiger partial charge in [-0.3, -0.25) is 14.4 Å². The van der Waals surface area contributed by atoms with Crippen molar-refractivity contribution >= 4 is 17.3 Å². The number of hydrogen-bond acceptors (Lipinski definition) is 4. The number of benzene rings is 2. The van der Waals surface area contributed by atoms with Crippen LogP contribution in [-0.4, -0.2) is 27.1 Å². The molecule has 0 aliphatic heterocycles. The fraction of sp³-hybridized carbons (Fsp3) is 0.167. The topological polar surface area (TPSA) is 69.0 Å². The molecule has 0 amide bonds. The first-order chi connectivity index (χ1) is 13.9. The zero-order valence-corrected chi connectivity index (χ0v) is 16.1. The molecule has 0 saturated carbocycles. The highest BCUT2D eigenvalue weighted by molar-refractivity contribution is 6.42. The number of aromatic nitrogens is 2. The van der Waals surface area contributed by atoms with Gasteiger partial charge in [0.2, 0.25) is 0 Å². The molecule has 1 heterocycles. The molecule has 2 aromatic carbocycles. The molecule has 0 atom stereocenters. The molecule has 0 bridgehead atoms. The number of carbonyl (C=O) groups is 3. The molecular weight excluding hydrogens is 364 g/mol. The second-order valence-electron chi connectivity index (χ2n) is 8.10. The summed E-state index contributed by atoms with van der Waals surface area (Å²) in [5.41, 5.74) is 2.48. The van der Waals surface area contributed by atoms with E-state index in [1.165, 1.54) is 6.20 Å². The Labute approximate surface area is 167 Å². The summed E-state index contributed by atoms with van der Waals surface area (Å²) in [6, 6.07) is 16.4. The lowest BCUT2D eigenvalue weighted by Gasteiger charge is -2.33. The number of carbonyl (C=O) groups excluding carboxylic acids is 3. The fourth-order valence-corrected chi connectivity index (χ4v) is 4.40. The molecule has 1 aromatic heterocycles. The van der Waals surface area contributed by atoms with E-state index < -0.39 is 5.41 Å². The van der Waals surface area contributed by atoms with Crippen LogP contribution >= 0.6 is 0 Å². The summed E-state index contributed by atoms with van der Waals surface area (Å²) in [6.07, 6.45) is 2.04. The molecule has 5 heteroatoms. The minimum atomic E-state index is -0.681. The Kier molecular flexibility index (Phi) is 3.59. The maximum Gasteiger partial charge on any atom is 0.198 e. The van der Waals surface area contributed by atoms with Crippen LogP contribution in [0.3, 0.4) is 0 Å². The third-order valence-corrected chi connectivity index (χ3v) is 5.75. The van der Waals surface area contributed by atoms with Crippen LogP contribution in [0.25, 0.3) is 5.69 Å². The highest BCUT2D eigenvalue weighted by atomic mass is 16.2. The Morgan fingerprint density at radius 3 is 2.00 bits per heavy atom. The van der Waals surface area contributed by atoms with Crippen LogP contribution in [0.5, 0.6) is 0 Å². The quantitative estimate of drug-likeness (QED) is 0.471. The Balaban J connectivity index is 1.70. The Bertz CT molecular complexity index is 1210. The Morgan fingerprint density at radius 1 is 0.793 bits per heavy atom. The van der Waals surface area contributed by atoms with Crippen molar-refractivity contribution in [3.8, 4) is 5.69 Å². The van der Waals surface area contributed by atoms with Gasteiger partial charge in [-0.1, -0.05) is 56.3 Å². The van der Waals surface area contributed by atoms with Gasteiger partial charge in [0.05, 0.1) is 28.7 Å². The maximum atomic E-state index is 13.5. The van der Waals surface area contributed by atoms with Crippen LogP contribution in [0.1, 0.15) is 50.6 Å². The van der Waals surface area contributed by atoms with Gasteiger partial charge in [-0.2, -0.15) is 5.10 Å². The van der Waals surface area contributed by atoms with E-state index in [0.29, 0.717) is 28.7 Å². The predicted octanol–water partition coefficient (Wildman–Crippen LogP) is 4.01. The molecule has 0 unspecified atom stereocenters. The molecule has 5 nitrogen and oxygen atoms in total. The molecule has 2 aliphatic carbocycles. The number of nitrogens with zero attached hydrogens (tertiary/aromatic N) is 2. The van der Waals surface area contributed by atoms with Gasteiger partial charge in [0.1, 0.15) is 0 Å². The van der Waals surface area contributed by atoms with E-state index in [1.807, 2.05) is 44.2 Å². The summed E-state index contributed by atoms with van der Waals surface area (Å²) in [7, 11) is 0. The van der Waals surface area contributed by atoms with Crippen LogP contribution in [0.15, 0.2) is 71.9 Å². The van der Waals surface area contributed by atoms with E-state index in [0.717, 1.165) is 11.4 Å². The second-order valence-corrected chi connectivity index (χ2v) is 8.10. The molecule has 0 saturated heterocycles. The van der Waals surface area contributed by atoms with Crippen molar-refractivity contribution in [3.63, 3.8) is 0 Å². The number of allylic oxidation sites excluding steroid dienone is 2. The van der Waals surface area contributed by atoms with Crippen molar-refractivity contribution in [2.24, 2.45) is 5.41 Å². The van der Waals surface area contributed by atoms with Gasteiger partial charge in [-0.25, -0.2) is 4.68 Å². The summed E-state index contributed by atoms with van der Waals surface area (Å²) in [6.45, 7) is 3.81. The number of ketones is 3. The van der Waals surface area contributed by atoms with Crippen LogP contribution in [-0.2, 0) is 6.42 Å². The Hall–Kier alpha value is -3.60. The molecule has 0 radical (unpaired) electrons. The second kappa shape index (κ2) is 5.95. The van der Waals surface area contributed by atoms with Crippen molar-refractivity contribution in [2.45, 2.75) is 20.3 Å². The Morgan fingerprint density at radius 2 is 1.38 bits per heavy atom. The van der Waals surface area contributed by atoms with E-state index in [4.69, 9.17) is 0 Å². The average molecular weight is 382 g/mol. The first-order valence-electron chi connectivity index (χ1n) is 9.50. The number of fused-ring (bicyclic) bond motifs is 2. The highest BCUT2D eigenvalue weighted by Crippen LogP contribution is 2.44. The first-order valence-corrected chi connectivity index (χ1v) is 9.50. The van der Waals surface area contributed by atoms with E-state index in [2.05, 4.69) is 5.10 Å². The summed E-state index contributed by atoms with van der Waals surface area (Å²) in [5, 5.41) is 4.43. The van der Waals surface area contributed by atoms with E-state index in [9.17, 15) is 14.4 Å². The smallest absolute Gasteiger partial charge is 0.198 e. The maximum absolute atomic E-state index is 13.5. The normalized spacial score (nSPS) is 17.5. The van der Waals surface area contributed by atoms with E-state index >= 15 is 0 Å². The minimum absolute atomic E-state index is 0.0133. The SMILES string of the molecule is CC1(C)Cc2c(cnn2-c2ccccc2)C(=O)C1=C1C(=O)c2ccccc2C1=O. The number of Topliss-reactive ketones (excluding diaryl/α,β-unsaturated/α-hetero) is 3. The summed E-state index contributed by atoms with van der Waals surface area (Å²) in [5.74, 6) is -1.01. The van der Waals surface area contributed by atoms with Gasteiger partial charge in [0, 0.05) is 16.7 Å². The molecule has 0 N–H and O–H groups in total. The molecular formula is C24H18N2O3. The van der Waals surface area contributed by atoms with Gasteiger partial charge >= 0.3 is 0 Å². The zero-order valence-electron chi connectivity index (χ0n) is 16.1. The zero-order chi connectivity index (χ0) is 20.3. The van der Waals surface area contributed by atoms with Crippen molar-refractivity contribution in [2.75, 3.05) is 0 Å². The number of rotatable bonds is 1. The molecule has 142 valence electrons. The lowest BCUT2D eigenvalue weighted by atomic mass is 9.69. The third kappa shape index (κ3) is 2.40. The minimum Gasteiger partial charge on any atom is -0.289 e. The van der Waals surface area contributed by atoms with Crippen molar-refractivity contribution in [1.29, 1.82) is 0 Å². The van der Waals surface area contributed by atoms with Gasteiger partial charge in [0.25, 0.3) is 0 Å². The highest BCUT2D eigenvalue weighted by Gasteiger charge is 2.46. The molecule has 29 heavy (non-hydrogen) atoms. The van der Waals surface area contributed by atoms with Gasteiger partial charge in [-0.05, 0) is 24.0 Å². The predicted molar refractivity (Wildman–Crippen MR) is 108 cm³/mol. The van der Waals surface area contributed by atoms with E-state index in [-0.39, 0.29) is 22.9 Å². The summed E-state index contributed by atoms with van der Waals surface area (Å²) in [4.78, 5) is 39.5. The van der Waals surface area contributed by atoms with Crippen LogP contribution in [0.2, 0.25) is 0 Å². The summed E-state index contributed by atoms with van der Waals surface area (Å²) < 4.78 is 1.77.